The van der Waals surface area contributed by atoms with Gasteiger partial charge in [-0.3, -0.25) is 0 Å². The van der Waals surface area contributed by atoms with Crippen molar-refractivity contribution in [3.8, 4) is 0 Å². The van der Waals surface area contributed by atoms with E-state index in [1.807, 2.05) is 44.7 Å². The second-order valence-corrected chi connectivity index (χ2v) is 11.8. The summed E-state index contributed by atoms with van der Waals surface area (Å²) in [6.07, 6.45) is -4.41. The molecule has 2 aromatic rings. The van der Waals surface area contributed by atoms with Gasteiger partial charge in [-0.25, -0.2) is 8.42 Å². The van der Waals surface area contributed by atoms with Crippen molar-refractivity contribution in [3.63, 3.8) is 0 Å². The summed E-state index contributed by atoms with van der Waals surface area (Å²) in [6, 6.07) is 9.24. The Hall–Kier alpha value is -2.06. The van der Waals surface area contributed by atoms with Crippen LogP contribution >= 0.6 is 0 Å². The van der Waals surface area contributed by atoms with Crippen molar-refractivity contribution in [3.05, 3.63) is 58.7 Å². The minimum absolute atomic E-state index is 0.0346. The molecule has 0 aliphatic carbocycles. The average molecular weight is 497 g/mol. The maximum Gasteiger partial charge on any atom is 0.416 e. The summed E-state index contributed by atoms with van der Waals surface area (Å²) in [5.41, 5.74) is 2.54. The van der Waals surface area contributed by atoms with Gasteiger partial charge in [0.25, 0.3) is 0 Å². The minimum atomic E-state index is -4.41. The van der Waals surface area contributed by atoms with Crippen LogP contribution in [0.3, 0.4) is 0 Å². The number of benzene rings is 2. The van der Waals surface area contributed by atoms with Crippen molar-refractivity contribution >= 4 is 15.7 Å². The Balaban J connectivity index is 1.93. The molecule has 188 valence electrons. The molecule has 1 aliphatic heterocycles. The fourth-order valence-electron chi connectivity index (χ4n) is 4.38. The zero-order chi connectivity index (χ0) is 25.4. The second-order valence-electron chi connectivity index (χ2n) is 9.93. The average Bonchev–Trinajstić information content (AvgIpc) is 2.77. The Bertz CT molecular complexity index is 1090. The van der Waals surface area contributed by atoms with Crippen molar-refractivity contribution in [2.45, 2.75) is 70.4 Å². The smallest absolute Gasteiger partial charge is 0.369 e. The molecule has 0 radical (unpaired) electrons. The first-order valence-corrected chi connectivity index (χ1v) is 13.3. The molecule has 3 rings (SSSR count). The van der Waals surface area contributed by atoms with Crippen LogP contribution in [0.5, 0.6) is 0 Å². The molecule has 4 nitrogen and oxygen atoms in total. The van der Waals surface area contributed by atoms with Crippen LogP contribution in [-0.2, 0) is 16.2 Å². The lowest BCUT2D eigenvalue weighted by atomic mass is 9.89. The zero-order valence-corrected chi connectivity index (χ0v) is 21.6. The van der Waals surface area contributed by atoms with Crippen molar-refractivity contribution in [1.82, 2.24) is 4.31 Å². The summed E-state index contributed by atoms with van der Waals surface area (Å²) < 4.78 is 68.7. The summed E-state index contributed by atoms with van der Waals surface area (Å²) in [4.78, 5) is 2.21. The standard InChI is InChI=1S/C26H35F3N2O2S/c1-17(2)20-14-23(18(3)4)25(24(15-20)19(5)6)34(32,33)31-12-10-30(11-13-31)22-9-7-8-21(16-22)26(27,28)29/h7-9,14-19H,10-13H2,1-6H3. The fraction of sp³-hybridized carbons (Fsp3) is 0.538. The number of rotatable bonds is 6. The number of sulfonamides is 1. The van der Waals surface area contributed by atoms with Crippen LogP contribution < -0.4 is 4.90 Å². The van der Waals surface area contributed by atoms with Gasteiger partial charge in [0.1, 0.15) is 0 Å². The third-order valence-corrected chi connectivity index (χ3v) is 8.49. The van der Waals surface area contributed by atoms with Gasteiger partial charge < -0.3 is 4.90 Å². The van der Waals surface area contributed by atoms with E-state index in [1.165, 1.54) is 10.4 Å². The number of hydrogen-bond donors (Lipinski definition) is 0. The number of piperazine rings is 1. The molecular formula is C26H35F3N2O2S. The number of alkyl halides is 3. The van der Waals surface area contributed by atoms with Crippen LogP contribution in [0.2, 0.25) is 0 Å². The van der Waals surface area contributed by atoms with Gasteiger partial charge in [-0.1, -0.05) is 59.7 Å². The third kappa shape index (κ3) is 5.43. The Morgan fingerprint density at radius 2 is 1.32 bits per heavy atom. The van der Waals surface area contributed by atoms with E-state index in [4.69, 9.17) is 0 Å². The van der Waals surface area contributed by atoms with Gasteiger partial charge in [0.05, 0.1) is 10.5 Å². The fourth-order valence-corrected chi connectivity index (χ4v) is 6.47. The normalized spacial score (nSPS) is 16.2. The molecular weight excluding hydrogens is 461 g/mol. The molecule has 0 amide bonds. The second kappa shape index (κ2) is 9.90. The lowest BCUT2D eigenvalue weighted by Gasteiger charge is -2.36. The molecule has 0 saturated carbocycles. The lowest BCUT2D eigenvalue weighted by molar-refractivity contribution is -0.137. The molecule has 8 heteroatoms. The molecule has 34 heavy (non-hydrogen) atoms. The van der Waals surface area contributed by atoms with Crippen LogP contribution in [0, 0.1) is 0 Å². The van der Waals surface area contributed by atoms with E-state index in [9.17, 15) is 21.6 Å². The van der Waals surface area contributed by atoms with Gasteiger partial charge >= 0.3 is 6.18 Å². The molecule has 2 aromatic carbocycles. The summed E-state index contributed by atoms with van der Waals surface area (Å²) in [5, 5.41) is 0. The van der Waals surface area contributed by atoms with Gasteiger partial charge in [0, 0.05) is 31.9 Å². The van der Waals surface area contributed by atoms with Crippen LogP contribution in [0.25, 0.3) is 0 Å². The Labute approximate surface area is 201 Å². The van der Waals surface area contributed by atoms with E-state index < -0.39 is 21.8 Å². The van der Waals surface area contributed by atoms with Crippen LogP contribution in [0.1, 0.15) is 81.5 Å². The van der Waals surface area contributed by atoms with Crippen LogP contribution in [-0.4, -0.2) is 38.9 Å². The molecule has 0 aromatic heterocycles. The molecule has 1 fully saturated rings. The number of anilines is 1. The Morgan fingerprint density at radius 3 is 1.76 bits per heavy atom. The summed E-state index contributed by atoms with van der Waals surface area (Å²) in [6.45, 7) is 13.3. The van der Waals surface area contributed by atoms with Crippen molar-refractivity contribution in [2.24, 2.45) is 0 Å². The third-order valence-electron chi connectivity index (χ3n) is 6.45. The molecule has 1 heterocycles. The number of hydrogen-bond acceptors (Lipinski definition) is 3. The van der Waals surface area contributed by atoms with Crippen molar-refractivity contribution in [2.75, 3.05) is 31.1 Å². The lowest BCUT2D eigenvalue weighted by Crippen LogP contribution is -2.49. The highest BCUT2D eigenvalue weighted by Gasteiger charge is 2.35. The first kappa shape index (κ1) is 26.5. The molecule has 1 aliphatic rings. The van der Waals surface area contributed by atoms with E-state index >= 15 is 0 Å². The quantitative estimate of drug-likeness (QED) is 0.453. The first-order valence-electron chi connectivity index (χ1n) is 11.8. The topological polar surface area (TPSA) is 40.6 Å². The predicted octanol–water partition coefficient (Wildman–Crippen LogP) is 6.59. The van der Waals surface area contributed by atoms with E-state index in [0.29, 0.717) is 23.7 Å². The van der Waals surface area contributed by atoms with Gasteiger partial charge in [-0.05, 0) is 52.6 Å². The van der Waals surface area contributed by atoms with Crippen molar-refractivity contribution < 1.29 is 21.6 Å². The maximum atomic E-state index is 13.9. The van der Waals surface area contributed by atoms with E-state index in [1.54, 1.807) is 6.07 Å². The molecule has 0 atom stereocenters. The summed E-state index contributed by atoms with van der Waals surface area (Å²) >= 11 is 0. The van der Waals surface area contributed by atoms with Gasteiger partial charge in [0.15, 0.2) is 0 Å². The van der Waals surface area contributed by atoms with Gasteiger partial charge in [0.2, 0.25) is 10.0 Å². The van der Waals surface area contributed by atoms with E-state index in [-0.39, 0.29) is 30.8 Å². The monoisotopic (exact) mass is 496 g/mol. The first-order chi connectivity index (χ1) is 15.7. The highest BCUT2D eigenvalue weighted by Crippen LogP contribution is 2.37. The highest BCUT2D eigenvalue weighted by atomic mass is 32.2. The SMILES string of the molecule is CC(C)c1cc(C(C)C)c(S(=O)(=O)N2CCN(c3cccc(C(F)(F)F)c3)CC2)c(C(C)C)c1. The summed E-state index contributed by atoms with van der Waals surface area (Å²) in [5.74, 6) is 0.350. The molecule has 0 unspecified atom stereocenters. The maximum absolute atomic E-state index is 13.9. The zero-order valence-electron chi connectivity index (χ0n) is 20.8. The Morgan fingerprint density at radius 1 is 0.794 bits per heavy atom. The number of halogens is 3. The Kier molecular flexibility index (Phi) is 7.73. The van der Waals surface area contributed by atoms with Crippen LogP contribution in [0.15, 0.2) is 41.3 Å². The minimum Gasteiger partial charge on any atom is -0.369 e. The molecule has 1 saturated heterocycles. The van der Waals surface area contributed by atoms with Crippen LogP contribution in [0.4, 0.5) is 18.9 Å². The predicted molar refractivity (Wildman–Crippen MR) is 131 cm³/mol. The molecule has 0 bridgehead atoms. The molecule has 0 N–H and O–H groups in total. The van der Waals surface area contributed by atoms with E-state index in [2.05, 4.69) is 13.8 Å². The highest BCUT2D eigenvalue weighted by molar-refractivity contribution is 7.89. The molecule has 0 spiro atoms. The van der Waals surface area contributed by atoms with Gasteiger partial charge in [-0.15, -0.1) is 0 Å². The largest absolute Gasteiger partial charge is 0.416 e. The van der Waals surface area contributed by atoms with Gasteiger partial charge in [-0.2, -0.15) is 17.5 Å². The number of nitrogens with zero attached hydrogens (tertiary/aromatic N) is 2. The summed E-state index contributed by atoms with van der Waals surface area (Å²) in [7, 11) is -3.77. The van der Waals surface area contributed by atoms with Crippen molar-refractivity contribution in [1.29, 1.82) is 0 Å². The van der Waals surface area contributed by atoms with E-state index in [0.717, 1.165) is 28.8 Å².